The Bertz CT molecular complexity index is 437. The second-order valence-corrected chi connectivity index (χ2v) is 8.56. The zero-order valence-electron chi connectivity index (χ0n) is 10.4. The van der Waals surface area contributed by atoms with Crippen LogP contribution in [0.15, 0.2) is 14.3 Å². The second kappa shape index (κ2) is 5.73. The van der Waals surface area contributed by atoms with E-state index in [2.05, 4.69) is 31.9 Å². The number of rotatable bonds is 2. The lowest BCUT2D eigenvalue weighted by molar-refractivity contribution is -0.116. The van der Waals surface area contributed by atoms with Gasteiger partial charge in [0.25, 0.3) is 0 Å². The van der Waals surface area contributed by atoms with Crippen molar-refractivity contribution in [2.75, 3.05) is 19.8 Å². The summed E-state index contributed by atoms with van der Waals surface area (Å²) in [5.74, 6) is 0.257. The highest BCUT2D eigenvalue weighted by atomic mass is 79.9. The van der Waals surface area contributed by atoms with Crippen molar-refractivity contribution in [1.82, 2.24) is 0 Å². The molecule has 1 aromatic heterocycles. The van der Waals surface area contributed by atoms with E-state index in [0.29, 0.717) is 6.61 Å². The van der Waals surface area contributed by atoms with E-state index in [-0.39, 0.29) is 11.5 Å². The molecule has 1 aromatic rings. The number of thiophene rings is 1. The van der Waals surface area contributed by atoms with Gasteiger partial charge < -0.3 is 14.6 Å². The van der Waals surface area contributed by atoms with Crippen molar-refractivity contribution >= 4 is 43.2 Å². The minimum absolute atomic E-state index is 0.143. The summed E-state index contributed by atoms with van der Waals surface area (Å²) in [6.45, 7) is 2.17. The molecule has 0 amide bonds. The first kappa shape index (κ1) is 14.5. The molecular formula is C13H16Br2O3S. The second-order valence-electron chi connectivity index (χ2n) is 5.30. The maximum Gasteiger partial charge on any atom is 0.0940 e. The van der Waals surface area contributed by atoms with Crippen molar-refractivity contribution in [1.29, 1.82) is 0 Å². The normalized spacial score (nSPS) is 32.9. The molecule has 0 radical (unpaired) electrons. The molecule has 0 aliphatic carbocycles. The topological polar surface area (TPSA) is 38.7 Å². The Morgan fingerprint density at radius 3 is 2.89 bits per heavy atom. The molecule has 3 rings (SSSR count). The molecule has 3 nitrogen and oxygen atoms in total. The Kier molecular flexibility index (Phi) is 4.37. The van der Waals surface area contributed by atoms with Gasteiger partial charge in [-0.15, -0.1) is 11.3 Å². The van der Waals surface area contributed by atoms with Crippen LogP contribution >= 0.6 is 43.2 Å². The molecule has 1 N–H and O–H groups in total. The number of ether oxygens (including phenoxy) is 2. The summed E-state index contributed by atoms with van der Waals surface area (Å²) in [5.41, 5.74) is -0.143. The summed E-state index contributed by atoms with van der Waals surface area (Å²) in [7, 11) is 0. The first-order valence-electron chi connectivity index (χ1n) is 6.44. The minimum Gasteiger partial charge on any atom is -0.387 e. The molecule has 0 aromatic carbocycles. The number of aliphatic hydroxyl groups excluding tert-OH is 1. The molecule has 2 aliphatic heterocycles. The molecule has 3 atom stereocenters. The van der Waals surface area contributed by atoms with E-state index in [9.17, 15) is 5.11 Å². The van der Waals surface area contributed by atoms with Crippen LogP contribution in [0, 0.1) is 5.92 Å². The van der Waals surface area contributed by atoms with Gasteiger partial charge in [-0.2, -0.15) is 0 Å². The van der Waals surface area contributed by atoms with Crippen LogP contribution in [0.4, 0.5) is 0 Å². The molecule has 2 aliphatic rings. The average molecular weight is 412 g/mol. The van der Waals surface area contributed by atoms with Crippen molar-refractivity contribution < 1.29 is 14.6 Å². The van der Waals surface area contributed by atoms with Crippen LogP contribution in [0.3, 0.4) is 0 Å². The van der Waals surface area contributed by atoms with Gasteiger partial charge in [0.15, 0.2) is 0 Å². The number of aliphatic hydroxyl groups is 1. The van der Waals surface area contributed by atoms with Crippen molar-refractivity contribution in [2.24, 2.45) is 5.92 Å². The van der Waals surface area contributed by atoms with E-state index < -0.39 is 6.10 Å². The Hall–Kier alpha value is 0.540. The van der Waals surface area contributed by atoms with E-state index in [0.717, 1.165) is 45.6 Å². The zero-order chi connectivity index (χ0) is 13.5. The van der Waals surface area contributed by atoms with Gasteiger partial charge in [-0.25, -0.2) is 0 Å². The third-order valence-corrected chi connectivity index (χ3v) is 7.33. The first-order valence-corrected chi connectivity index (χ1v) is 8.84. The number of hydrogen-bond donors (Lipinski definition) is 1. The maximum absolute atomic E-state index is 10.6. The number of halogens is 2. The first-order chi connectivity index (χ1) is 9.10. The fourth-order valence-electron chi connectivity index (χ4n) is 2.94. The van der Waals surface area contributed by atoms with Gasteiger partial charge in [-0.05, 0) is 56.7 Å². The predicted molar refractivity (Wildman–Crippen MR) is 81.5 cm³/mol. The largest absolute Gasteiger partial charge is 0.387 e. The van der Waals surface area contributed by atoms with Gasteiger partial charge in [0.2, 0.25) is 0 Å². The van der Waals surface area contributed by atoms with Crippen molar-refractivity contribution in [3.8, 4) is 0 Å². The highest BCUT2D eigenvalue weighted by Gasteiger charge is 2.43. The van der Waals surface area contributed by atoms with Crippen molar-refractivity contribution in [3.63, 3.8) is 0 Å². The third-order valence-electron chi connectivity index (χ3n) is 4.00. The summed E-state index contributed by atoms with van der Waals surface area (Å²) in [6.07, 6.45) is 2.35. The van der Waals surface area contributed by atoms with Crippen LogP contribution in [-0.4, -0.2) is 30.5 Å². The van der Waals surface area contributed by atoms with E-state index in [1.165, 1.54) is 0 Å². The van der Waals surface area contributed by atoms with Crippen LogP contribution in [0.5, 0.6) is 0 Å². The van der Waals surface area contributed by atoms with Gasteiger partial charge in [-0.3, -0.25) is 0 Å². The summed E-state index contributed by atoms with van der Waals surface area (Å²) >= 11 is 8.55. The van der Waals surface area contributed by atoms with Crippen LogP contribution in [0.2, 0.25) is 0 Å². The van der Waals surface area contributed by atoms with E-state index in [1.807, 2.05) is 6.07 Å². The third kappa shape index (κ3) is 2.94. The Balaban J connectivity index is 1.74. The molecule has 0 saturated carbocycles. The van der Waals surface area contributed by atoms with Crippen LogP contribution in [0.1, 0.15) is 30.2 Å². The Morgan fingerprint density at radius 1 is 1.42 bits per heavy atom. The van der Waals surface area contributed by atoms with Gasteiger partial charge in [-0.1, -0.05) is 0 Å². The summed E-state index contributed by atoms with van der Waals surface area (Å²) in [6, 6.07) is 2.01. The predicted octanol–water partition coefficient (Wildman–Crippen LogP) is 3.89. The van der Waals surface area contributed by atoms with Crippen molar-refractivity contribution in [3.05, 3.63) is 19.2 Å². The summed E-state index contributed by atoms with van der Waals surface area (Å²) < 4.78 is 13.4. The fourth-order valence-corrected chi connectivity index (χ4v) is 5.11. The Labute approximate surface area is 133 Å². The average Bonchev–Trinajstić information content (AvgIpc) is 2.97. The minimum atomic E-state index is -0.408. The number of hydrogen-bond acceptors (Lipinski definition) is 4. The molecule has 2 fully saturated rings. The quantitative estimate of drug-likeness (QED) is 0.802. The van der Waals surface area contributed by atoms with Gasteiger partial charge >= 0.3 is 0 Å². The van der Waals surface area contributed by atoms with E-state index in [1.54, 1.807) is 11.3 Å². The van der Waals surface area contributed by atoms with Gasteiger partial charge in [0, 0.05) is 29.0 Å². The molecule has 2 saturated heterocycles. The molecule has 3 heterocycles. The summed E-state index contributed by atoms with van der Waals surface area (Å²) in [5, 5.41) is 10.6. The molecule has 106 valence electrons. The highest BCUT2D eigenvalue weighted by molar-refractivity contribution is 9.13. The standard InChI is InChI=1S/C13H16Br2O3S/c14-9-5-10(19-12(9)15)11(16)8-1-3-18-13(6-8)2-4-17-7-13/h5,8,11,16H,1-4,6-7H2. The molecule has 1 spiro atoms. The summed E-state index contributed by atoms with van der Waals surface area (Å²) in [4.78, 5) is 1.01. The van der Waals surface area contributed by atoms with Gasteiger partial charge in [0.1, 0.15) is 0 Å². The van der Waals surface area contributed by atoms with E-state index in [4.69, 9.17) is 9.47 Å². The Morgan fingerprint density at radius 2 is 2.26 bits per heavy atom. The zero-order valence-corrected chi connectivity index (χ0v) is 14.4. The maximum atomic E-state index is 10.6. The smallest absolute Gasteiger partial charge is 0.0940 e. The SMILES string of the molecule is OC(c1cc(Br)c(Br)s1)C1CCOC2(CCOC2)C1. The highest BCUT2D eigenvalue weighted by Crippen LogP contribution is 2.44. The van der Waals surface area contributed by atoms with Crippen LogP contribution < -0.4 is 0 Å². The fraction of sp³-hybridized carbons (Fsp3) is 0.692. The van der Waals surface area contributed by atoms with Crippen molar-refractivity contribution in [2.45, 2.75) is 31.0 Å². The van der Waals surface area contributed by atoms with Gasteiger partial charge in [0.05, 0.1) is 22.1 Å². The molecule has 19 heavy (non-hydrogen) atoms. The molecule has 3 unspecified atom stereocenters. The lowest BCUT2D eigenvalue weighted by Crippen LogP contribution is -2.41. The molecular weight excluding hydrogens is 396 g/mol. The van der Waals surface area contributed by atoms with E-state index >= 15 is 0 Å². The lowest BCUT2D eigenvalue weighted by Gasteiger charge is -2.38. The lowest BCUT2D eigenvalue weighted by atomic mass is 9.82. The monoisotopic (exact) mass is 410 g/mol. The van der Waals surface area contributed by atoms with Crippen LogP contribution in [0.25, 0.3) is 0 Å². The molecule has 0 bridgehead atoms. The molecule has 6 heteroatoms. The van der Waals surface area contributed by atoms with Crippen LogP contribution in [-0.2, 0) is 9.47 Å².